The van der Waals surface area contributed by atoms with Crippen molar-refractivity contribution >= 4 is 34.9 Å². The first-order valence-electron chi connectivity index (χ1n) is 9.64. The first-order valence-corrected chi connectivity index (χ1v) is 10.0. The van der Waals surface area contributed by atoms with Crippen LogP contribution in [-0.4, -0.2) is 28.1 Å². The summed E-state index contributed by atoms with van der Waals surface area (Å²) < 4.78 is 1.59. The maximum absolute atomic E-state index is 13.8. The number of benzene rings is 2. The number of para-hydroxylation sites is 1. The number of anilines is 2. The van der Waals surface area contributed by atoms with Gasteiger partial charge in [0.05, 0.1) is 16.9 Å². The van der Waals surface area contributed by atoms with Crippen LogP contribution in [0.15, 0.2) is 61.3 Å². The van der Waals surface area contributed by atoms with Crippen LogP contribution in [0.2, 0.25) is 5.02 Å². The van der Waals surface area contributed by atoms with Gasteiger partial charge < -0.3 is 10.2 Å². The van der Waals surface area contributed by atoms with Gasteiger partial charge in [-0.05, 0) is 30.7 Å². The summed E-state index contributed by atoms with van der Waals surface area (Å²) >= 11 is 6.38. The normalized spacial score (nSPS) is 19.6. The Morgan fingerprint density at radius 1 is 1.20 bits per heavy atom. The minimum Gasteiger partial charge on any atom is -0.310 e. The Hall–Kier alpha value is -3.38. The molecule has 0 radical (unpaired) electrons. The zero-order valence-electron chi connectivity index (χ0n) is 16.4. The average molecular weight is 419 g/mol. The van der Waals surface area contributed by atoms with Crippen LogP contribution < -0.4 is 10.2 Å². The molecule has 6 nitrogen and oxygen atoms in total. The number of carbonyl (C=O) groups is 2. The van der Waals surface area contributed by atoms with E-state index < -0.39 is 5.41 Å². The standard InChI is InChI=1S/C23H19ClN4O2/c1-3-10-27-18-9-8-14(2)11-15(18)23(22(27)30)12-20(29)26-21-16(23)13-25-28(21)19-7-5-4-6-17(19)24/h3-9,11,13H,1,10,12H2,2H3,(H,26,29). The summed E-state index contributed by atoms with van der Waals surface area (Å²) in [5, 5.41) is 7.92. The zero-order valence-corrected chi connectivity index (χ0v) is 17.1. The number of rotatable bonds is 3. The third-order valence-electron chi connectivity index (χ3n) is 5.82. The monoisotopic (exact) mass is 418 g/mol. The molecule has 150 valence electrons. The van der Waals surface area contributed by atoms with Crippen molar-refractivity contribution in [3.8, 4) is 5.69 Å². The Morgan fingerprint density at radius 2 is 2.00 bits per heavy atom. The van der Waals surface area contributed by atoms with Crippen LogP contribution in [0.3, 0.4) is 0 Å². The van der Waals surface area contributed by atoms with Crippen LogP contribution in [0, 0.1) is 6.92 Å². The van der Waals surface area contributed by atoms with Crippen molar-refractivity contribution in [3.63, 3.8) is 0 Å². The molecule has 3 heterocycles. The summed E-state index contributed by atoms with van der Waals surface area (Å²) in [6.07, 6.45) is 3.38. The fourth-order valence-electron chi connectivity index (χ4n) is 4.52. The van der Waals surface area contributed by atoms with E-state index in [4.69, 9.17) is 11.6 Å². The van der Waals surface area contributed by atoms with E-state index in [2.05, 4.69) is 17.0 Å². The maximum atomic E-state index is 13.8. The number of halogens is 1. The Bertz CT molecular complexity index is 1230. The Labute approximate surface area is 178 Å². The topological polar surface area (TPSA) is 67.2 Å². The largest absolute Gasteiger partial charge is 0.310 e. The van der Waals surface area contributed by atoms with E-state index in [1.54, 1.807) is 27.9 Å². The van der Waals surface area contributed by atoms with E-state index >= 15 is 0 Å². The van der Waals surface area contributed by atoms with E-state index in [9.17, 15) is 9.59 Å². The number of carbonyl (C=O) groups excluding carboxylic acids is 2. The Kier molecular flexibility index (Phi) is 4.08. The summed E-state index contributed by atoms with van der Waals surface area (Å²) in [6.45, 7) is 6.14. The zero-order chi connectivity index (χ0) is 21.0. The van der Waals surface area contributed by atoms with Crippen molar-refractivity contribution in [2.24, 2.45) is 0 Å². The molecule has 5 rings (SSSR count). The summed E-state index contributed by atoms with van der Waals surface area (Å²) in [5.41, 5.74) is 2.83. The predicted octanol–water partition coefficient (Wildman–Crippen LogP) is 4.00. The molecule has 3 aromatic rings. The van der Waals surface area contributed by atoms with Crippen LogP contribution in [0.1, 0.15) is 23.1 Å². The molecule has 2 amide bonds. The molecule has 1 spiro atoms. The lowest BCUT2D eigenvalue weighted by Crippen LogP contribution is -2.46. The van der Waals surface area contributed by atoms with Gasteiger partial charge in [0.15, 0.2) is 0 Å². The number of fused-ring (bicyclic) bond motifs is 4. The molecule has 7 heteroatoms. The molecular weight excluding hydrogens is 400 g/mol. The van der Waals surface area contributed by atoms with E-state index in [1.807, 2.05) is 43.3 Å². The number of nitrogens with zero attached hydrogens (tertiary/aromatic N) is 3. The van der Waals surface area contributed by atoms with Crippen molar-refractivity contribution in [2.75, 3.05) is 16.8 Å². The minimum atomic E-state index is -1.12. The van der Waals surface area contributed by atoms with Crippen molar-refractivity contribution < 1.29 is 9.59 Å². The van der Waals surface area contributed by atoms with E-state index in [0.29, 0.717) is 28.6 Å². The molecule has 1 atom stereocenters. The van der Waals surface area contributed by atoms with Gasteiger partial charge in [0, 0.05) is 24.2 Å². The van der Waals surface area contributed by atoms with Crippen LogP contribution in [0.25, 0.3) is 5.69 Å². The fourth-order valence-corrected chi connectivity index (χ4v) is 4.74. The number of aromatic nitrogens is 2. The first kappa shape index (κ1) is 18.6. The SMILES string of the molecule is C=CCN1C(=O)C2(CC(=O)Nc3c2cnn3-c2ccccc2Cl)c2cc(C)ccc21. The molecule has 0 saturated carbocycles. The van der Waals surface area contributed by atoms with Crippen LogP contribution >= 0.6 is 11.6 Å². The molecule has 0 aliphatic carbocycles. The first-order chi connectivity index (χ1) is 14.5. The minimum absolute atomic E-state index is 0.0249. The van der Waals surface area contributed by atoms with Gasteiger partial charge in [0.2, 0.25) is 11.8 Å². The van der Waals surface area contributed by atoms with Crippen LogP contribution in [0.5, 0.6) is 0 Å². The number of hydrogen-bond donors (Lipinski definition) is 1. The molecule has 1 aromatic heterocycles. The van der Waals surface area contributed by atoms with Crippen molar-refractivity contribution in [3.05, 3.63) is 83.0 Å². The van der Waals surface area contributed by atoms with Crippen molar-refractivity contribution in [2.45, 2.75) is 18.8 Å². The maximum Gasteiger partial charge on any atom is 0.243 e. The molecular formula is C23H19ClN4O2. The van der Waals surface area contributed by atoms with Gasteiger partial charge in [-0.25, -0.2) is 4.68 Å². The predicted molar refractivity (Wildman–Crippen MR) is 116 cm³/mol. The summed E-state index contributed by atoms with van der Waals surface area (Å²) in [7, 11) is 0. The molecule has 0 bridgehead atoms. The van der Waals surface area contributed by atoms with Gasteiger partial charge in [0.1, 0.15) is 11.2 Å². The molecule has 2 aliphatic heterocycles. The van der Waals surface area contributed by atoms with E-state index in [-0.39, 0.29) is 18.2 Å². The molecule has 0 fully saturated rings. The second-order valence-electron chi connectivity index (χ2n) is 7.63. The molecule has 1 N–H and O–H groups in total. The van der Waals surface area contributed by atoms with Crippen molar-refractivity contribution in [1.29, 1.82) is 0 Å². The Balaban J connectivity index is 1.79. The second kappa shape index (κ2) is 6.57. The number of hydrogen-bond acceptors (Lipinski definition) is 3. The quantitative estimate of drug-likeness (QED) is 0.654. The summed E-state index contributed by atoms with van der Waals surface area (Å²) in [5.74, 6) is 0.0935. The van der Waals surface area contributed by atoms with E-state index in [0.717, 1.165) is 16.8 Å². The van der Waals surface area contributed by atoms with Crippen molar-refractivity contribution in [1.82, 2.24) is 9.78 Å². The third-order valence-corrected chi connectivity index (χ3v) is 6.14. The molecule has 30 heavy (non-hydrogen) atoms. The lowest BCUT2D eigenvalue weighted by Gasteiger charge is -2.32. The fraction of sp³-hybridized carbons (Fsp3) is 0.174. The molecule has 2 aromatic carbocycles. The average Bonchev–Trinajstić information content (AvgIpc) is 3.23. The van der Waals surface area contributed by atoms with Gasteiger partial charge >= 0.3 is 0 Å². The van der Waals surface area contributed by atoms with Gasteiger partial charge in [-0.3, -0.25) is 9.59 Å². The number of aryl methyl sites for hydroxylation is 1. The summed E-state index contributed by atoms with van der Waals surface area (Å²) in [6, 6.07) is 13.2. The van der Waals surface area contributed by atoms with E-state index in [1.165, 1.54) is 0 Å². The third kappa shape index (κ3) is 2.40. The van der Waals surface area contributed by atoms with Gasteiger partial charge in [-0.15, -0.1) is 6.58 Å². The van der Waals surface area contributed by atoms with Crippen LogP contribution in [0.4, 0.5) is 11.5 Å². The van der Waals surface area contributed by atoms with Gasteiger partial charge in [-0.2, -0.15) is 5.10 Å². The van der Waals surface area contributed by atoms with Gasteiger partial charge in [0.25, 0.3) is 0 Å². The highest BCUT2D eigenvalue weighted by molar-refractivity contribution is 6.32. The smallest absolute Gasteiger partial charge is 0.243 e. The van der Waals surface area contributed by atoms with Crippen LogP contribution in [-0.2, 0) is 15.0 Å². The highest BCUT2D eigenvalue weighted by atomic mass is 35.5. The second-order valence-corrected chi connectivity index (χ2v) is 8.03. The molecule has 2 aliphatic rings. The molecule has 1 unspecified atom stereocenters. The van der Waals surface area contributed by atoms with Gasteiger partial charge in [-0.1, -0.05) is 47.5 Å². The Morgan fingerprint density at radius 3 is 2.77 bits per heavy atom. The lowest BCUT2D eigenvalue weighted by atomic mass is 9.71. The number of nitrogens with one attached hydrogen (secondary N) is 1. The molecule has 0 saturated heterocycles. The summed E-state index contributed by atoms with van der Waals surface area (Å²) in [4.78, 5) is 28.4. The lowest BCUT2D eigenvalue weighted by molar-refractivity contribution is -0.126. The highest BCUT2D eigenvalue weighted by Gasteiger charge is 2.57. The number of amides is 2. The highest BCUT2D eigenvalue weighted by Crippen LogP contribution is 2.52.